The van der Waals surface area contributed by atoms with Crippen LogP contribution in [0.15, 0.2) is 24.5 Å². The van der Waals surface area contributed by atoms with Crippen molar-refractivity contribution in [3.8, 4) is 11.4 Å². The van der Waals surface area contributed by atoms with Crippen LogP contribution >= 0.6 is 11.6 Å². The SMILES string of the molecule is O=[N+]([O-])c1c(NCCl)ccnc1-c1cc[nH]n1. The Labute approximate surface area is 101 Å². The first kappa shape index (κ1) is 11.3. The van der Waals surface area contributed by atoms with E-state index in [4.69, 9.17) is 11.6 Å². The number of anilines is 1. The molecule has 0 saturated heterocycles. The minimum atomic E-state index is -0.508. The summed E-state index contributed by atoms with van der Waals surface area (Å²) in [7, 11) is 0. The van der Waals surface area contributed by atoms with E-state index in [0.29, 0.717) is 11.4 Å². The van der Waals surface area contributed by atoms with E-state index in [2.05, 4.69) is 20.5 Å². The molecular weight excluding hydrogens is 246 g/mol. The minimum absolute atomic E-state index is 0.0743. The van der Waals surface area contributed by atoms with Crippen LogP contribution in [0.4, 0.5) is 11.4 Å². The molecule has 2 aromatic rings. The van der Waals surface area contributed by atoms with Crippen molar-refractivity contribution in [2.24, 2.45) is 0 Å². The standard InChI is InChI=1S/C9H8ClN5O2/c10-5-12-7-1-3-11-8(9(7)15(16)17)6-2-4-13-14-6/h1-4H,5H2,(H,11,12)(H,13,14). The van der Waals surface area contributed by atoms with Crippen LogP contribution in [0.25, 0.3) is 11.4 Å². The number of pyridine rings is 1. The highest BCUT2D eigenvalue weighted by Gasteiger charge is 2.23. The van der Waals surface area contributed by atoms with Crippen LogP contribution < -0.4 is 5.32 Å². The fourth-order valence-electron chi connectivity index (χ4n) is 1.43. The molecule has 2 aromatic heterocycles. The number of hydrogen-bond donors (Lipinski definition) is 2. The van der Waals surface area contributed by atoms with E-state index in [1.54, 1.807) is 12.3 Å². The van der Waals surface area contributed by atoms with Gasteiger partial charge in [-0.1, -0.05) is 0 Å². The molecule has 2 N–H and O–H groups in total. The van der Waals surface area contributed by atoms with E-state index in [9.17, 15) is 10.1 Å². The van der Waals surface area contributed by atoms with Crippen molar-refractivity contribution in [1.29, 1.82) is 0 Å². The Morgan fingerprint density at radius 2 is 2.35 bits per heavy atom. The zero-order chi connectivity index (χ0) is 12.3. The van der Waals surface area contributed by atoms with Gasteiger partial charge in [0.1, 0.15) is 11.4 Å². The summed E-state index contributed by atoms with van der Waals surface area (Å²) in [6.45, 7) is 0. The quantitative estimate of drug-likeness (QED) is 0.376. The highest BCUT2D eigenvalue weighted by Crippen LogP contribution is 2.32. The Morgan fingerprint density at radius 3 is 2.94 bits per heavy atom. The molecule has 0 unspecified atom stereocenters. The Bertz CT molecular complexity index is 528. The molecule has 8 heteroatoms. The largest absolute Gasteiger partial charge is 0.366 e. The highest BCUT2D eigenvalue weighted by molar-refractivity contribution is 6.18. The van der Waals surface area contributed by atoms with Gasteiger partial charge in [0, 0.05) is 12.4 Å². The number of halogens is 1. The lowest BCUT2D eigenvalue weighted by atomic mass is 10.2. The number of nitrogens with one attached hydrogen (secondary N) is 2. The van der Waals surface area contributed by atoms with Crippen LogP contribution in [0.2, 0.25) is 0 Å². The van der Waals surface area contributed by atoms with Crippen LogP contribution in [0.5, 0.6) is 0 Å². The maximum atomic E-state index is 11.1. The Hall–Kier alpha value is -2.15. The predicted molar refractivity (Wildman–Crippen MR) is 62.8 cm³/mol. The highest BCUT2D eigenvalue weighted by atomic mass is 35.5. The lowest BCUT2D eigenvalue weighted by Gasteiger charge is -2.05. The van der Waals surface area contributed by atoms with Crippen molar-refractivity contribution in [1.82, 2.24) is 15.2 Å². The van der Waals surface area contributed by atoms with E-state index in [0.717, 1.165) is 0 Å². The molecule has 0 aliphatic carbocycles. The van der Waals surface area contributed by atoms with E-state index in [-0.39, 0.29) is 17.4 Å². The first-order valence-electron chi connectivity index (χ1n) is 4.67. The van der Waals surface area contributed by atoms with Gasteiger partial charge in [0.25, 0.3) is 0 Å². The molecule has 0 spiro atoms. The van der Waals surface area contributed by atoms with Crippen LogP contribution in [-0.2, 0) is 0 Å². The monoisotopic (exact) mass is 253 g/mol. The van der Waals surface area contributed by atoms with Crippen LogP contribution in [-0.4, -0.2) is 26.1 Å². The number of aromatic nitrogens is 3. The minimum Gasteiger partial charge on any atom is -0.366 e. The van der Waals surface area contributed by atoms with Gasteiger partial charge in [0.15, 0.2) is 5.69 Å². The maximum Gasteiger partial charge on any atom is 0.320 e. The molecule has 0 aromatic carbocycles. The smallest absolute Gasteiger partial charge is 0.320 e. The molecule has 0 saturated carbocycles. The summed E-state index contributed by atoms with van der Waals surface area (Å²) in [4.78, 5) is 14.5. The molecular formula is C9H8ClN5O2. The second kappa shape index (κ2) is 4.79. The van der Waals surface area contributed by atoms with Gasteiger partial charge in [-0.2, -0.15) is 5.10 Å². The number of rotatable bonds is 4. The van der Waals surface area contributed by atoms with Gasteiger partial charge in [-0.15, -0.1) is 11.6 Å². The number of nitrogens with zero attached hydrogens (tertiary/aromatic N) is 3. The third kappa shape index (κ3) is 2.18. The summed E-state index contributed by atoms with van der Waals surface area (Å²) in [6, 6.07) is 3.18. The van der Waals surface area contributed by atoms with Gasteiger partial charge < -0.3 is 5.32 Å². The van der Waals surface area contributed by atoms with Crippen molar-refractivity contribution >= 4 is 23.0 Å². The number of hydrogen-bond acceptors (Lipinski definition) is 5. The summed E-state index contributed by atoms with van der Waals surface area (Å²) >= 11 is 5.51. The second-order valence-electron chi connectivity index (χ2n) is 3.08. The molecule has 0 amide bonds. The first-order chi connectivity index (χ1) is 8.24. The van der Waals surface area contributed by atoms with E-state index in [1.165, 1.54) is 12.3 Å². The zero-order valence-electron chi connectivity index (χ0n) is 8.55. The van der Waals surface area contributed by atoms with E-state index in [1.807, 2.05) is 0 Å². The lowest BCUT2D eigenvalue weighted by molar-refractivity contribution is -0.383. The van der Waals surface area contributed by atoms with Crippen molar-refractivity contribution in [3.05, 3.63) is 34.6 Å². The first-order valence-corrected chi connectivity index (χ1v) is 5.21. The summed E-state index contributed by atoms with van der Waals surface area (Å²) < 4.78 is 0. The lowest BCUT2D eigenvalue weighted by Crippen LogP contribution is -2.03. The molecule has 0 fully saturated rings. The molecule has 17 heavy (non-hydrogen) atoms. The number of nitro groups is 1. The molecule has 0 bridgehead atoms. The van der Waals surface area contributed by atoms with Crippen LogP contribution in [0, 0.1) is 10.1 Å². The predicted octanol–water partition coefficient (Wildman–Crippen LogP) is 1.99. The van der Waals surface area contributed by atoms with Gasteiger partial charge in [0.2, 0.25) is 0 Å². The van der Waals surface area contributed by atoms with Crippen LogP contribution in [0.1, 0.15) is 0 Å². The maximum absolute atomic E-state index is 11.1. The Morgan fingerprint density at radius 1 is 1.53 bits per heavy atom. The van der Waals surface area contributed by atoms with Crippen molar-refractivity contribution in [2.45, 2.75) is 0 Å². The summed E-state index contributed by atoms with van der Waals surface area (Å²) in [5.41, 5.74) is 0.791. The Balaban J connectivity index is 2.59. The molecule has 7 nitrogen and oxygen atoms in total. The molecule has 88 valence electrons. The topological polar surface area (TPSA) is 96.7 Å². The van der Waals surface area contributed by atoms with Crippen molar-refractivity contribution < 1.29 is 4.92 Å². The third-order valence-corrected chi connectivity index (χ3v) is 2.24. The normalized spacial score (nSPS) is 10.2. The van der Waals surface area contributed by atoms with Crippen molar-refractivity contribution in [2.75, 3.05) is 11.3 Å². The number of H-pyrrole nitrogens is 1. The van der Waals surface area contributed by atoms with Gasteiger partial charge in [0.05, 0.1) is 10.9 Å². The molecule has 0 aliphatic heterocycles. The summed E-state index contributed by atoms with van der Waals surface area (Å²) in [5, 5.41) is 20.2. The summed E-state index contributed by atoms with van der Waals surface area (Å²) in [5.74, 6) is 0. The van der Waals surface area contributed by atoms with Gasteiger partial charge >= 0.3 is 5.69 Å². The molecule has 0 aliphatic rings. The number of alkyl halides is 1. The van der Waals surface area contributed by atoms with Gasteiger partial charge in [-0.05, 0) is 12.1 Å². The van der Waals surface area contributed by atoms with Crippen LogP contribution in [0.3, 0.4) is 0 Å². The second-order valence-corrected chi connectivity index (χ2v) is 3.35. The number of aromatic amines is 1. The molecule has 2 heterocycles. The molecule has 0 atom stereocenters. The molecule has 2 rings (SSSR count). The van der Waals surface area contributed by atoms with E-state index >= 15 is 0 Å². The Kier molecular flexibility index (Phi) is 3.20. The average molecular weight is 254 g/mol. The fourth-order valence-corrected chi connectivity index (χ4v) is 1.58. The van der Waals surface area contributed by atoms with Crippen molar-refractivity contribution in [3.63, 3.8) is 0 Å². The van der Waals surface area contributed by atoms with E-state index < -0.39 is 4.92 Å². The third-order valence-electron chi connectivity index (χ3n) is 2.11. The van der Waals surface area contributed by atoms with Gasteiger partial charge in [-0.3, -0.25) is 15.2 Å². The van der Waals surface area contributed by atoms with Gasteiger partial charge in [-0.25, -0.2) is 4.98 Å². The zero-order valence-corrected chi connectivity index (χ0v) is 9.31. The summed E-state index contributed by atoms with van der Waals surface area (Å²) in [6.07, 6.45) is 3.04. The molecule has 0 radical (unpaired) electrons. The average Bonchev–Trinajstić information content (AvgIpc) is 2.82. The fraction of sp³-hybridized carbons (Fsp3) is 0.111.